The first-order chi connectivity index (χ1) is 7.45. The molecule has 0 N–H and O–H groups in total. The first-order valence-electron chi connectivity index (χ1n) is 6.07. The van der Waals surface area contributed by atoms with Crippen molar-refractivity contribution in [2.75, 3.05) is 6.61 Å². The van der Waals surface area contributed by atoms with Crippen LogP contribution in [0.1, 0.15) is 44.9 Å². The van der Waals surface area contributed by atoms with Gasteiger partial charge in [-0.25, -0.2) is 4.98 Å². The highest BCUT2D eigenvalue weighted by atomic mass is 16.5. The van der Waals surface area contributed by atoms with Crippen molar-refractivity contribution in [1.82, 2.24) is 4.98 Å². The molecule has 0 spiro atoms. The summed E-state index contributed by atoms with van der Waals surface area (Å²) >= 11 is 0. The Morgan fingerprint density at radius 2 is 2.00 bits per heavy atom. The Hall–Kier alpha value is -1.05. The van der Waals surface area contributed by atoms with Gasteiger partial charge in [0.1, 0.15) is 0 Å². The second kappa shape index (κ2) is 4.08. The lowest BCUT2D eigenvalue weighted by atomic mass is 9.87. The van der Waals surface area contributed by atoms with Crippen molar-refractivity contribution in [3.63, 3.8) is 0 Å². The fourth-order valence-electron chi connectivity index (χ4n) is 1.63. The monoisotopic (exact) mass is 219 g/mol. The predicted molar refractivity (Wildman–Crippen MR) is 65.9 cm³/mol. The number of rotatable bonds is 3. The summed E-state index contributed by atoms with van der Waals surface area (Å²) in [7, 11) is 0. The minimum Gasteiger partial charge on any atom is -0.477 e. The van der Waals surface area contributed by atoms with E-state index >= 15 is 0 Å². The molecule has 2 nitrogen and oxygen atoms in total. The normalized spacial score (nSPS) is 16.2. The molecule has 16 heavy (non-hydrogen) atoms. The van der Waals surface area contributed by atoms with Crippen LogP contribution in [-0.2, 0) is 5.41 Å². The van der Waals surface area contributed by atoms with Gasteiger partial charge in [-0.2, -0.15) is 0 Å². The molecule has 1 heterocycles. The van der Waals surface area contributed by atoms with Crippen LogP contribution in [0.4, 0.5) is 0 Å². The molecule has 0 unspecified atom stereocenters. The van der Waals surface area contributed by atoms with Gasteiger partial charge in [-0.15, -0.1) is 0 Å². The zero-order chi connectivity index (χ0) is 11.8. The maximum Gasteiger partial charge on any atom is 0.213 e. The molecule has 0 bridgehead atoms. The highest BCUT2D eigenvalue weighted by molar-refractivity contribution is 5.29. The number of hydrogen-bond donors (Lipinski definition) is 0. The molecule has 1 fully saturated rings. The number of pyridine rings is 1. The summed E-state index contributed by atoms with van der Waals surface area (Å²) in [6.45, 7) is 9.50. The van der Waals surface area contributed by atoms with E-state index in [2.05, 4.69) is 37.9 Å². The Kier molecular flexibility index (Phi) is 2.92. The minimum atomic E-state index is 0.158. The average Bonchev–Trinajstić information content (AvgIpc) is 2.96. The Bertz CT molecular complexity index is 375. The van der Waals surface area contributed by atoms with Crippen LogP contribution in [0.15, 0.2) is 12.1 Å². The minimum absolute atomic E-state index is 0.158. The van der Waals surface area contributed by atoms with Crippen molar-refractivity contribution in [3.05, 3.63) is 23.4 Å². The molecule has 0 aliphatic heterocycles. The van der Waals surface area contributed by atoms with E-state index in [1.807, 2.05) is 6.92 Å². The molecule has 1 aliphatic carbocycles. The van der Waals surface area contributed by atoms with Gasteiger partial charge in [0, 0.05) is 11.8 Å². The third kappa shape index (κ3) is 2.97. The van der Waals surface area contributed by atoms with Gasteiger partial charge in [0.15, 0.2) is 0 Å². The molecular formula is C14H21NO. The van der Waals surface area contributed by atoms with Crippen molar-refractivity contribution in [3.8, 4) is 5.88 Å². The van der Waals surface area contributed by atoms with Gasteiger partial charge in [0.2, 0.25) is 5.88 Å². The lowest BCUT2D eigenvalue weighted by molar-refractivity contribution is 0.287. The third-order valence-electron chi connectivity index (χ3n) is 2.96. The predicted octanol–water partition coefficient (Wildman–Crippen LogP) is 3.48. The molecule has 0 amide bonds. The van der Waals surface area contributed by atoms with E-state index in [1.165, 1.54) is 18.4 Å². The number of hydrogen-bond acceptors (Lipinski definition) is 2. The molecule has 88 valence electrons. The Labute approximate surface area is 98.0 Å². The summed E-state index contributed by atoms with van der Waals surface area (Å²) in [5, 5.41) is 0. The summed E-state index contributed by atoms with van der Waals surface area (Å²) < 4.78 is 5.74. The van der Waals surface area contributed by atoms with Crippen LogP contribution in [-0.4, -0.2) is 11.6 Å². The van der Waals surface area contributed by atoms with Crippen molar-refractivity contribution in [2.45, 2.75) is 46.0 Å². The SMILES string of the molecule is Cc1cc(C(C)(C)C)cc(OCC2CC2)n1. The summed E-state index contributed by atoms with van der Waals surface area (Å²) in [5.41, 5.74) is 2.50. The fourth-order valence-corrected chi connectivity index (χ4v) is 1.63. The van der Waals surface area contributed by atoms with Gasteiger partial charge in [-0.3, -0.25) is 0 Å². The second-order valence-electron chi connectivity index (χ2n) is 5.84. The third-order valence-corrected chi connectivity index (χ3v) is 2.96. The molecule has 1 aliphatic rings. The zero-order valence-corrected chi connectivity index (χ0v) is 10.7. The zero-order valence-electron chi connectivity index (χ0n) is 10.7. The molecule has 0 radical (unpaired) electrons. The fraction of sp³-hybridized carbons (Fsp3) is 0.643. The Morgan fingerprint density at radius 3 is 2.56 bits per heavy atom. The van der Waals surface area contributed by atoms with Crippen LogP contribution in [0, 0.1) is 12.8 Å². The molecule has 0 aromatic carbocycles. The maximum absolute atomic E-state index is 5.74. The quantitative estimate of drug-likeness (QED) is 0.776. The van der Waals surface area contributed by atoms with E-state index in [4.69, 9.17) is 4.74 Å². The molecule has 1 aromatic heterocycles. The van der Waals surface area contributed by atoms with Crippen LogP contribution in [0.5, 0.6) is 5.88 Å². The molecule has 0 saturated heterocycles. The van der Waals surface area contributed by atoms with E-state index in [0.29, 0.717) is 0 Å². The van der Waals surface area contributed by atoms with Gasteiger partial charge in [-0.05, 0) is 42.7 Å². The summed E-state index contributed by atoms with van der Waals surface area (Å²) in [5.74, 6) is 1.57. The second-order valence-corrected chi connectivity index (χ2v) is 5.84. The largest absolute Gasteiger partial charge is 0.477 e. The lowest BCUT2D eigenvalue weighted by Gasteiger charge is -2.20. The summed E-state index contributed by atoms with van der Waals surface area (Å²) in [6, 6.07) is 4.22. The van der Waals surface area contributed by atoms with Crippen LogP contribution in [0.2, 0.25) is 0 Å². The van der Waals surface area contributed by atoms with Gasteiger partial charge in [-0.1, -0.05) is 20.8 Å². The molecule has 2 heteroatoms. The molecule has 1 saturated carbocycles. The Morgan fingerprint density at radius 1 is 1.31 bits per heavy atom. The number of aromatic nitrogens is 1. The molecule has 1 aromatic rings. The van der Waals surface area contributed by atoms with Crippen LogP contribution in [0.25, 0.3) is 0 Å². The number of nitrogens with zero attached hydrogens (tertiary/aromatic N) is 1. The van der Waals surface area contributed by atoms with Crippen molar-refractivity contribution in [1.29, 1.82) is 0 Å². The van der Waals surface area contributed by atoms with Crippen molar-refractivity contribution in [2.24, 2.45) is 5.92 Å². The first kappa shape index (κ1) is 11.4. The smallest absolute Gasteiger partial charge is 0.213 e. The van der Waals surface area contributed by atoms with Crippen molar-refractivity contribution < 1.29 is 4.74 Å². The van der Waals surface area contributed by atoms with Gasteiger partial charge >= 0.3 is 0 Å². The highest BCUT2D eigenvalue weighted by Gasteiger charge is 2.22. The summed E-state index contributed by atoms with van der Waals surface area (Å²) in [4.78, 5) is 4.42. The van der Waals surface area contributed by atoms with Crippen LogP contribution < -0.4 is 4.74 Å². The number of ether oxygens (including phenoxy) is 1. The van der Waals surface area contributed by atoms with E-state index in [9.17, 15) is 0 Å². The summed E-state index contributed by atoms with van der Waals surface area (Å²) in [6.07, 6.45) is 2.63. The van der Waals surface area contributed by atoms with E-state index in [1.54, 1.807) is 0 Å². The van der Waals surface area contributed by atoms with E-state index < -0.39 is 0 Å². The van der Waals surface area contributed by atoms with Crippen molar-refractivity contribution >= 4 is 0 Å². The molecular weight excluding hydrogens is 198 g/mol. The average molecular weight is 219 g/mol. The van der Waals surface area contributed by atoms with Crippen LogP contribution in [0.3, 0.4) is 0 Å². The van der Waals surface area contributed by atoms with Crippen LogP contribution >= 0.6 is 0 Å². The highest BCUT2D eigenvalue weighted by Crippen LogP contribution is 2.30. The molecule has 0 atom stereocenters. The molecule has 2 rings (SSSR count). The first-order valence-corrected chi connectivity index (χ1v) is 6.07. The number of aryl methyl sites for hydroxylation is 1. The van der Waals surface area contributed by atoms with Gasteiger partial charge < -0.3 is 4.74 Å². The van der Waals surface area contributed by atoms with Gasteiger partial charge in [0.25, 0.3) is 0 Å². The standard InChI is InChI=1S/C14H21NO/c1-10-7-12(14(2,3)4)8-13(15-10)16-9-11-5-6-11/h7-8,11H,5-6,9H2,1-4H3. The maximum atomic E-state index is 5.74. The van der Waals surface area contributed by atoms with E-state index in [0.717, 1.165) is 24.1 Å². The van der Waals surface area contributed by atoms with E-state index in [-0.39, 0.29) is 5.41 Å². The lowest BCUT2D eigenvalue weighted by Crippen LogP contribution is -2.12. The topological polar surface area (TPSA) is 22.1 Å². The van der Waals surface area contributed by atoms with Gasteiger partial charge in [0.05, 0.1) is 6.61 Å². The Balaban J connectivity index is 2.14.